The zero-order chi connectivity index (χ0) is 10.2. The highest BCUT2D eigenvalue weighted by Gasteiger charge is 2.02. The zero-order valence-electron chi connectivity index (χ0n) is 8.65. The summed E-state index contributed by atoms with van der Waals surface area (Å²) >= 11 is 0. The Hall–Kier alpha value is -0.795. The van der Waals surface area contributed by atoms with E-state index < -0.39 is 0 Å². The average molecular weight is 189 g/mol. The second-order valence-electron chi connectivity index (χ2n) is 3.33. The molecule has 0 unspecified atom stereocenters. The fourth-order valence-electron chi connectivity index (χ4n) is 1.11. The lowest BCUT2D eigenvalue weighted by molar-refractivity contribution is 0.0503. The third-order valence-electron chi connectivity index (χ3n) is 2.03. The van der Waals surface area contributed by atoms with Crippen LogP contribution in [-0.4, -0.2) is 46.1 Å². The molecule has 2 nitrogen and oxygen atoms in total. The molecule has 2 rings (SSSR count). The number of rotatable bonds is 0. The van der Waals surface area contributed by atoms with E-state index in [0.717, 1.165) is 31.8 Å². The van der Waals surface area contributed by atoms with Gasteiger partial charge in [0.05, 0.1) is 13.2 Å². The Labute approximate surface area is 87.3 Å². The van der Waals surface area contributed by atoms with Crippen LogP contribution in [0.2, 0.25) is 0 Å². The monoisotopic (exact) mass is 189 g/mol. The van der Waals surface area contributed by atoms with Crippen LogP contribution in [0.3, 0.4) is 0 Å². The Morgan fingerprint density at radius 3 is 2.00 bits per heavy atom. The standard InChI is InChI=1S/C6H5B.C5H11NO/c7-6-4-2-1-3-5-6;1-6-2-4-7-5-3-6/h1-5H;2-5H2,1H3. The van der Waals surface area contributed by atoms with Gasteiger partial charge >= 0.3 is 0 Å². The van der Waals surface area contributed by atoms with Gasteiger partial charge in [-0.3, -0.25) is 0 Å². The van der Waals surface area contributed by atoms with E-state index >= 15 is 0 Å². The van der Waals surface area contributed by atoms with Crippen molar-refractivity contribution in [3.63, 3.8) is 0 Å². The van der Waals surface area contributed by atoms with E-state index in [1.165, 1.54) is 0 Å². The third-order valence-corrected chi connectivity index (χ3v) is 2.03. The molecule has 1 aliphatic rings. The normalized spacial score (nSPS) is 16.9. The average Bonchev–Trinajstić information content (AvgIpc) is 2.21. The van der Waals surface area contributed by atoms with Gasteiger partial charge in [0.2, 0.25) is 0 Å². The summed E-state index contributed by atoms with van der Waals surface area (Å²) in [6, 6.07) is 9.49. The Balaban J connectivity index is 0.000000140. The molecule has 0 atom stereocenters. The lowest BCUT2D eigenvalue weighted by atomic mass is 9.97. The molecule has 1 aromatic carbocycles. The predicted molar refractivity (Wildman–Crippen MR) is 60.1 cm³/mol. The van der Waals surface area contributed by atoms with Gasteiger partial charge in [-0.15, -0.1) is 0 Å². The van der Waals surface area contributed by atoms with Crippen LogP contribution in [0.5, 0.6) is 0 Å². The molecule has 1 aromatic rings. The van der Waals surface area contributed by atoms with Gasteiger partial charge in [0, 0.05) is 13.1 Å². The first-order valence-electron chi connectivity index (χ1n) is 4.86. The maximum atomic E-state index is 5.36. The summed E-state index contributed by atoms with van der Waals surface area (Å²) in [7, 11) is 7.47. The van der Waals surface area contributed by atoms with Gasteiger partial charge in [0.15, 0.2) is 0 Å². The molecule has 14 heavy (non-hydrogen) atoms. The van der Waals surface area contributed by atoms with Gasteiger partial charge < -0.3 is 9.64 Å². The predicted octanol–water partition coefficient (Wildman–Crippen LogP) is 0.429. The largest absolute Gasteiger partial charge is 0.379 e. The van der Waals surface area contributed by atoms with Crippen molar-refractivity contribution in [2.75, 3.05) is 33.4 Å². The Morgan fingerprint density at radius 2 is 1.71 bits per heavy atom. The van der Waals surface area contributed by atoms with Crippen LogP contribution in [0.1, 0.15) is 0 Å². The number of nitrogens with zero attached hydrogens (tertiary/aromatic N) is 1. The van der Waals surface area contributed by atoms with Crippen LogP contribution >= 0.6 is 0 Å². The van der Waals surface area contributed by atoms with Gasteiger partial charge in [-0.2, -0.15) is 0 Å². The second-order valence-corrected chi connectivity index (χ2v) is 3.33. The van der Waals surface area contributed by atoms with Gasteiger partial charge in [0.25, 0.3) is 0 Å². The number of ether oxygens (including phenoxy) is 1. The fourth-order valence-corrected chi connectivity index (χ4v) is 1.11. The van der Waals surface area contributed by atoms with E-state index in [0.29, 0.717) is 0 Å². The van der Waals surface area contributed by atoms with E-state index in [1.807, 2.05) is 30.3 Å². The van der Waals surface area contributed by atoms with Crippen LogP contribution in [0.25, 0.3) is 0 Å². The van der Waals surface area contributed by atoms with Crippen LogP contribution in [0.15, 0.2) is 30.3 Å². The minimum Gasteiger partial charge on any atom is -0.379 e. The van der Waals surface area contributed by atoms with Gasteiger partial charge in [-0.05, 0) is 7.05 Å². The molecule has 1 saturated heterocycles. The smallest absolute Gasteiger partial charge is 0.113 e. The minimum absolute atomic E-state index is 0.822. The second kappa shape index (κ2) is 6.63. The minimum atomic E-state index is 0.822. The maximum Gasteiger partial charge on any atom is 0.113 e. The molecule has 0 amide bonds. The Bertz CT molecular complexity index is 234. The van der Waals surface area contributed by atoms with E-state index in [4.69, 9.17) is 12.6 Å². The number of hydrogen-bond donors (Lipinski definition) is 0. The molecule has 0 spiro atoms. The van der Waals surface area contributed by atoms with Crippen LogP contribution in [0, 0.1) is 0 Å². The number of likely N-dealkylation sites (N-methyl/N-ethyl adjacent to an activating group) is 1. The van der Waals surface area contributed by atoms with Crippen LogP contribution in [0.4, 0.5) is 0 Å². The molecule has 0 bridgehead atoms. The van der Waals surface area contributed by atoms with Crippen molar-refractivity contribution in [3.8, 4) is 0 Å². The number of hydrogen-bond acceptors (Lipinski definition) is 2. The van der Waals surface area contributed by atoms with Gasteiger partial charge in [-0.1, -0.05) is 35.8 Å². The Morgan fingerprint density at radius 1 is 1.14 bits per heavy atom. The van der Waals surface area contributed by atoms with E-state index in [-0.39, 0.29) is 0 Å². The first kappa shape index (κ1) is 11.3. The highest BCUT2D eigenvalue weighted by molar-refractivity contribution is 6.32. The topological polar surface area (TPSA) is 12.5 Å². The van der Waals surface area contributed by atoms with Crippen LogP contribution < -0.4 is 5.46 Å². The third kappa shape index (κ3) is 5.05. The molecule has 1 aliphatic heterocycles. The van der Waals surface area contributed by atoms with E-state index in [9.17, 15) is 0 Å². The molecule has 0 N–H and O–H groups in total. The van der Waals surface area contributed by atoms with Gasteiger partial charge in [-0.25, -0.2) is 0 Å². The van der Waals surface area contributed by atoms with Crippen molar-refractivity contribution in [1.82, 2.24) is 4.90 Å². The molecule has 3 heteroatoms. The molecule has 0 saturated carbocycles. The summed E-state index contributed by atoms with van der Waals surface area (Å²) in [4.78, 5) is 2.27. The molecule has 74 valence electrons. The number of benzene rings is 1. The highest BCUT2D eigenvalue weighted by Crippen LogP contribution is 1.89. The van der Waals surface area contributed by atoms with Crippen molar-refractivity contribution in [3.05, 3.63) is 30.3 Å². The van der Waals surface area contributed by atoms with Crippen molar-refractivity contribution in [2.45, 2.75) is 0 Å². The summed E-state index contributed by atoms with van der Waals surface area (Å²) in [6.45, 7) is 4.02. The van der Waals surface area contributed by atoms with Crippen LogP contribution in [-0.2, 0) is 4.74 Å². The molecular formula is C11H16BNO. The summed E-state index contributed by atoms with van der Waals surface area (Å²) in [5.41, 5.74) is 0.822. The molecule has 0 aliphatic carbocycles. The summed E-state index contributed by atoms with van der Waals surface area (Å²) < 4.78 is 5.10. The highest BCUT2D eigenvalue weighted by atomic mass is 16.5. The van der Waals surface area contributed by atoms with E-state index in [2.05, 4.69) is 11.9 Å². The first-order chi connectivity index (χ1) is 6.79. The van der Waals surface area contributed by atoms with Crippen molar-refractivity contribution in [2.24, 2.45) is 0 Å². The molecular weight excluding hydrogens is 173 g/mol. The van der Waals surface area contributed by atoms with Crippen molar-refractivity contribution in [1.29, 1.82) is 0 Å². The SMILES string of the molecule is CN1CCOCC1.[B]c1ccccc1. The van der Waals surface area contributed by atoms with Gasteiger partial charge in [0.1, 0.15) is 7.85 Å². The molecule has 2 radical (unpaired) electrons. The van der Waals surface area contributed by atoms with E-state index in [1.54, 1.807) is 0 Å². The Kier molecular flexibility index (Phi) is 5.34. The summed E-state index contributed by atoms with van der Waals surface area (Å²) in [5, 5.41) is 0. The molecule has 1 fully saturated rings. The molecule has 0 aromatic heterocycles. The number of morpholine rings is 1. The van der Waals surface area contributed by atoms with Crippen molar-refractivity contribution < 1.29 is 4.74 Å². The molecule has 1 heterocycles. The quantitative estimate of drug-likeness (QED) is 0.548. The zero-order valence-corrected chi connectivity index (χ0v) is 8.65. The lowest BCUT2D eigenvalue weighted by Gasteiger charge is -2.21. The first-order valence-corrected chi connectivity index (χ1v) is 4.86. The summed E-state index contributed by atoms with van der Waals surface area (Å²) in [5.74, 6) is 0. The maximum absolute atomic E-state index is 5.36. The van der Waals surface area contributed by atoms with Crippen molar-refractivity contribution >= 4 is 13.3 Å². The summed E-state index contributed by atoms with van der Waals surface area (Å²) in [6.07, 6.45) is 0. The lowest BCUT2D eigenvalue weighted by Crippen LogP contribution is -2.32. The fraction of sp³-hybridized carbons (Fsp3) is 0.455.